The van der Waals surface area contributed by atoms with E-state index in [1.54, 1.807) is 0 Å². The van der Waals surface area contributed by atoms with Gasteiger partial charge >= 0.3 is 12.1 Å². The first-order chi connectivity index (χ1) is 9.63. The molecule has 20 heavy (non-hydrogen) atoms. The molecule has 1 aromatic carbocycles. The number of benzene rings is 1. The van der Waals surface area contributed by atoms with Gasteiger partial charge in [0.15, 0.2) is 0 Å². The number of hydrogen-bond donors (Lipinski definition) is 2. The molecule has 1 amide bonds. The Hall–Kier alpha value is -2.30. The number of fused-ring (bicyclic) bond motifs is 1. The average molecular weight is 275 g/mol. The quantitative estimate of drug-likeness (QED) is 0.807. The van der Waals surface area contributed by atoms with Crippen LogP contribution in [0, 0.1) is 0 Å². The first-order valence-corrected chi connectivity index (χ1v) is 6.48. The zero-order valence-corrected chi connectivity index (χ0v) is 11.0. The Morgan fingerprint density at radius 1 is 1.50 bits per heavy atom. The van der Waals surface area contributed by atoms with Crippen LogP contribution in [0.4, 0.5) is 4.79 Å². The van der Waals surface area contributed by atoms with Gasteiger partial charge in [0.05, 0.1) is 0 Å². The first-order valence-electron chi connectivity index (χ1n) is 6.48. The molecule has 2 atom stereocenters. The maximum absolute atomic E-state index is 11.5. The second-order valence-corrected chi connectivity index (χ2v) is 4.69. The summed E-state index contributed by atoms with van der Waals surface area (Å²) in [5, 5.41) is 11.8. The van der Waals surface area contributed by atoms with Crippen molar-refractivity contribution in [1.29, 1.82) is 0 Å². The van der Waals surface area contributed by atoms with Crippen LogP contribution in [0.5, 0.6) is 0 Å². The van der Waals surface area contributed by atoms with Gasteiger partial charge in [0, 0.05) is 5.92 Å². The van der Waals surface area contributed by atoms with E-state index in [1.165, 1.54) is 6.08 Å². The molecule has 1 aromatic rings. The predicted molar refractivity (Wildman–Crippen MR) is 73.6 cm³/mol. The number of alkyl carbamates (subject to hydrolysis) is 1. The highest BCUT2D eigenvalue weighted by molar-refractivity contribution is 5.81. The van der Waals surface area contributed by atoms with Gasteiger partial charge in [-0.1, -0.05) is 36.9 Å². The van der Waals surface area contributed by atoms with E-state index in [0.717, 1.165) is 17.5 Å². The highest BCUT2D eigenvalue weighted by Gasteiger charge is 2.35. The number of carboxylic acids is 1. The van der Waals surface area contributed by atoms with Gasteiger partial charge in [0.2, 0.25) is 0 Å². The molecule has 0 bridgehead atoms. The molecular weight excluding hydrogens is 258 g/mol. The lowest BCUT2D eigenvalue weighted by molar-refractivity contribution is -0.140. The largest absolute Gasteiger partial charge is 0.480 e. The summed E-state index contributed by atoms with van der Waals surface area (Å²) in [6.45, 7) is 3.49. The van der Waals surface area contributed by atoms with Crippen molar-refractivity contribution in [3.05, 3.63) is 48.0 Å². The number of nitrogens with one attached hydrogen (secondary N) is 1. The fourth-order valence-electron chi connectivity index (χ4n) is 2.57. The third-order valence-corrected chi connectivity index (χ3v) is 3.45. The zero-order valence-electron chi connectivity index (χ0n) is 11.0. The van der Waals surface area contributed by atoms with E-state index >= 15 is 0 Å². The van der Waals surface area contributed by atoms with Crippen LogP contribution in [0.2, 0.25) is 0 Å². The van der Waals surface area contributed by atoms with Crippen molar-refractivity contribution in [3.8, 4) is 0 Å². The topological polar surface area (TPSA) is 75.6 Å². The normalized spacial score (nSPS) is 17.9. The lowest BCUT2D eigenvalue weighted by Crippen LogP contribution is -2.44. The zero-order chi connectivity index (χ0) is 14.5. The molecule has 1 aliphatic carbocycles. The van der Waals surface area contributed by atoms with Crippen molar-refractivity contribution in [2.75, 3.05) is 6.61 Å². The van der Waals surface area contributed by atoms with Gasteiger partial charge < -0.3 is 15.2 Å². The summed E-state index contributed by atoms with van der Waals surface area (Å²) in [5.41, 5.74) is 2.13. The Balaban J connectivity index is 2.12. The van der Waals surface area contributed by atoms with Crippen LogP contribution in [0.25, 0.3) is 0 Å². The minimum Gasteiger partial charge on any atom is -0.480 e. The van der Waals surface area contributed by atoms with Crippen LogP contribution in [-0.4, -0.2) is 29.8 Å². The molecule has 0 fully saturated rings. The van der Waals surface area contributed by atoms with Crippen LogP contribution in [0.15, 0.2) is 36.9 Å². The van der Waals surface area contributed by atoms with Gasteiger partial charge in [0.1, 0.15) is 12.6 Å². The van der Waals surface area contributed by atoms with Crippen molar-refractivity contribution in [3.63, 3.8) is 0 Å². The van der Waals surface area contributed by atoms with Crippen molar-refractivity contribution in [2.45, 2.75) is 24.8 Å². The first kappa shape index (κ1) is 14.1. The number of carbonyl (C=O) groups is 2. The number of carbonyl (C=O) groups excluding carboxylic acids is 1. The number of rotatable bonds is 5. The van der Waals surface area contributed by atoms with Gasteiger partial charge in [-0.2, -0.15) is 0 Å². The molecular formula is C15H17NO4. The van der Waals surface area contributed by atoms with Crippen molar-refractivity contribution < 1.29 is 19.4 Å². The Morgan fingerprint density at radius 2 is 2.25 bits per heavy atom. The SMILES string of the molecule is C=CCOC(=O)NC(C(=O)O)C1CCc2ccccc21. The van der Waals surface area contributed by atoms with Crippen LogP contribution in [-0.2, 0) is 16.0 Å². The molecule has 0 aromatic heterocycles. The highest BCUT2D eigenvalue weighted by Crippen LogP contribution is 2.35. The molecule has 0 saturated carbocycles. The van der Waals surface area contributed by atoms with Crippen molar-refractivity contribution in [2.24, 2.45) is 0 Å². The number of aliphatic carboxylic acids is 1. The van der Waals surface area contributed by atoms with Gasteiger partial charge in [-0.05, 0) is 24.0 Å². The average Bonchev–Trinajstić information content (AvgIpc) is 2.86. The van der Waals surface area contributed by atoms with E-state index in [1.807, 2.05) is 24.3 Å². The second kappa shape index (κ2) is 6.23. The van der Waals surface area contributed by atoms with Gasteiger partial charge in [-0.15, -0.1) is 0 Å². The number of amides is 1. The van der Waals surface area contributed by atoms with Crippen LogP contribution >= 0.6 is 0 Å². The number of hydrogen-bond acceptors (Lipinski definition) is 3. The summed E-state index contributed by atoms with van der Waals surface area (Å²) in [6.07, 6.45) is 2.23. The highest BCUT2D eigenvalue weighted by atomic mass is 16.5. The second-order valence-electron chi connectivity index (χ2n) is 4.69. The molecule has 0 radical (unpaired) electrons. The molecule has 1 aliphatic rings. The summed E-state index contributed by atoms with van der Waals surface area (Å²) < 4.78 is 4.79. The fourth-order valence-corrected chi connectivity index (χ4v) is 2.57. The smallest absolute Gasteiger partial charge is 0.408 e. The minimum atomic E-state index is -1.05. The lowest BCUT2D eigenvalue weighted by Gasteiger charge is -2.21. The van der Waals surface area contributed by atoms with Crippen molar-refractivity contribution >= 4 is 12.1 Å². The van der Waals surface area contributed by atoms with E-state index in [2.05, 4.69) is 11.9 Å². The van der Waals surface area contributed by atoms with Gasteiger partial charge in [0.25, 0.3) is 0 Å². The third kappa shape index (κ3) is 2.99. The van der Waals surface area contributed by atoms with E-state index in [9.17, 15) is 14.7 Å². The molecule has 2 N–H and O–H groups in total. The number of ether oxygens (including phenoxy) is 1. The summed E-state index contributed by atoms with van der Waals surface area (Å²) in [5.74, 6) is -1.28. The summed E-state index contributed by atoms with van der Waals surface area (Å²) in [7, 11) is 0. The van der Waals surface area contributed by atoms with E-state index < -0.39 is 18.1 Å². The molecule has 5 nitrogen and oxygen atoms in total. The number of carboxylic acid groups (broad SMARTS) is 1. The molecule has 2 rings (SSSR count). The molecule has 106 valence electrons. The van der Waals surface area contributed by atoms with E-state index in [4.69, 9.17) is 4.74 Å². The fraction of sp³-hybridized carbons (Fsp3) is 0.333. The monoisotopic (exact) mass is 275 g/mol. The van der Waals surface area contributed by atoms with Crippen LogP contribution in [0.3, 0.4) is 0 Å². The summed E-state index contributed by atoms with van der Waals surface area (Å²) in [6, 6.07) is 6.75. The van der Waals surface area contributed by atoms with Gasteiger partial charge in [-0.25, -0.2) is 9.59 Å². The minimum absolute atomic E-state index is 0.0550. The maximum Gasteiger partial charge on any atom is 0.408 e. The standard InChI is InChI=1S/C15H17NO4/c1-2-9-20-15(19)16-13(14(17)18)12-8-7-10-5-3-4-6-11(10)12/h2-6,12-13H,1,7-9H2,(H,16,19)(H,17,18). The summed E-state index contributed by atoms with van der Waals surface area (Å²) in [4.78, 5) is 23.0. The molecule has 5 heteroatoms. The molecule has 0 aliphatic heterocycles. The van der Waals surface area contributed by atoms with Crippen LogP contribution < -0.4 is 5.32 Å². The third-order valence-electron chi connectivity index (χ3n) is 3.45. The Labute approximate surface area is 117 Å². The van der Waals surface area contributed by atoms with E-state index in [0.29, 0.717) is 6.42 Å². The van der Waals surface area contributed by atoms with E-state index in [-0.39, 0.29) is 12.5 Å². The molecule has 0 spiro atoms. The molecule has 0 saturated heterocycles. The van der Waals surface area contributed by atoms with Gasteiger partial charge in [-0.3, -0.25) is 0 Å². The van der Waals surface area contributed by atoms with Crippen molar-refractivity contribution in [1.82, 2.24) is 5.32 Å². The Kier molecular flexibility index (Phi) is 4.40. The predicted octanol–water partition coefficient (Wildman–Crippen LogP) is 2.08. The Morgan fingerprint density at radius 3 is 2.95 bits per heavy atom. The summed E-state index contributed by atoms with van der Waals surface area (Å²) >= 11 is 0. The molecule has 0 heterocycles. The van der Waals surface area contributed by atoms with Crippen LogP contribution in [0.1, 0.15) is 23.5 Å². The number of aryl methyl sites for hydroxylation is 1. The lowest BCUT2D eigenvalue weighted by atomic mass is 9.93. The molecule has 2 unspecified atom stereocenters. The maximum atomic E-state index is 11.5. The Bertz CT molecular complexity index is 526.